The smallest absolute Gasteiger partial charge is 0.300 e. The first-order valence-corrected chi connectivity index (χ1v) is 10.3. The van der Waals surface area contributed by atoms with Gasteiger partial charge in [0, 0.05) is 18.7 Å². The summed E-state index contributed by atoms with van der Waals surface area (Å²) in [7, 11) is -4.53. The van der Waals surface area contributed by atoms with Gasteiger partial charge in [-0.2, -0.15) is 4.31 Å². The monoisotopic (exact) mass is 403 g/mol. The highest BCUT2D eigenvalue weighted by Gasteiger charge is 2.66. The first-order valence-electron chi connectivity index (χ1n) is 8.88. The summed E-state index contributed by atoms with van der Waals surface area (Å²) in [5.74, 6) is -4.08. The van der Waals surface area contributed by atoms with Gasteiger partial charge in [-0.25, -0.2) is 21.6 Å². The average Bonchev–Trinajstić information content (AvgIpc) is 2.34. The van der Waals surface area contributed by atoms with E-state index < -0.39 is 37.5 Å². The van der Waals surface area contributed by atoms with Gasteiger partial charge in [-0.15, -0.1) is 0 Å². The second kappa shape index (κ2) is 7.59. The van der Waals surface area contributed by atoms with Crippen molar-refractivity contribution >= 4 is 10.0 Å². The number of ether oxygens (including phenoxy) is 1. The lowest BCUT2D eigenvalue weighted by Gasteiger charge is -2.46. The van der Waals surface area contributed by atoms with Gasteiger partial charge in [-0.05, 0) is 68.7 Å². The Labute approximate surface area is 157 Å². The van der Waals surface area contributed by atoms with Gasteiger partial charge in [-0.3, -0.25) is 0 Å². The Balaban J connectivity index is 5.84. The maximum atomic E-state index is 14.7. The minimum absolute atomic E-state index is 0.00290. The number of alkyl halides is 3. The summed E-state index contributed by atoms with van der Waals surface area (Å²) in [4.78, 5) is 0. The lowest BCUT2D eigenvalue weighted by molar-refractivity contribution is -0.142. The van der Waals surface area contributed by atoms with Crippen LogP contribution in [0.3, 0.4) is 0 Å². The number of nitrogens with zero attached hydrogens (tertiary/aromatic N) is 1. The summed E-state index contributed by atoms with van der Waals surface area (Å²) >= 11 is 0. The molecule has 0 aliphatic rings. The molecule has 0 N–H and O–H groups in total. The molecule has 0 bridgehead atoms. The van der Waals surface area contributed by atoms with Gasteiger partial charge in [0.05, 0.1) is 5.60 Å². The van der Waals surface area contributed by atoms with E-state index in [1.807, 2.05) is 20.8 Å². The molecule has 0 atom stereocenters. The molecule has 4 nitrogen and oxygen atoms in total. The molecule has 26 heavy (non-hydrogen) atoms. The molecule has 0 spiro atoms. The molecule has 0 aromatic heterocycles. The normalized spacial score (nSPS) is 15.6. The number of rotatable bonds is 9. The molecule has 0 amide bonds. The van der Waals surface area contributed by atoms with Crippen LogP contribution in [0.2, 0.25) is 0 Å². The molecule has 0 saturated carbocycles. The third-order valence-corrected chi connectivity index (χ3v) is 7.53. The van der Waals surface area contributed by atoms with Crippen molar-refractivity contribution in [3.63, 3.8) is 0 Å². The highest BCUT2D eigenvalue weighted by Crippen LogP contribution is 2.47. The zero-order chi connectivity index (χ0) is 21.4. The van der Waals surface area contributed by atoms with E-state index in [2.05, 4.69) is 0 Å². The zero-order valence-corrected chi connectivity index (χ0v) is 18.7. The molecule has 0 heterocycles. The van der Waals surface area contributed by atoms with Crippen molar-refractivity contribution in [3.8, 4) is 0 Å². The number of hydrogen-bond acceptors (Lipinski definition) is 3. The molecular weight excluding hydrogens is 367 g/mol. The molecule has 0 aromatic rings. The number of halogens is 3. The van der Waals surface area contributed by atoms with Gasteiger partial charge in [0.2, 0.25) is 10.0 Å². The first-order chi connectivity index (χ1) is 11.1. The van der Waals surface area contributed by atoms with Gasteiger partial charge >= 0.3 is 5.92 Å². The van der Waals surface area contributed by atoms with E-state index in [9.17, 15) is 21.6 Å². The van der Waals surface area contributed by atoms with Crippen LogP contribution in [-0.2, 0) is 14.8 Å². The minimum Gasteiger partial charge on any atom is -0.376 e. The van der Waals surface area contributed by atoms with Crippen LogP contribution in [0.4, 0.5) is 13.2 Å². The van der Waals surface area contributed by atoms with Crippen LogP contribution in [-0.4, -0.2) is 53.4 Å². The summed E-state index contributed by atoms with van der Waals surface area (Å²) in [5.41, 5.74) is -4.34. The Hall–Kier alpha value is -0.340. The number of hydrogen-bond donors (Lipinski definition) is 0. The summed E-state index contributed by atoms with van der Waals surface area (Å²) in [6.07, 6.45) is 0.317. The molecular formula is C18H36F3NO3S. The molecule has 0 saturated heterocycles. The van der Waals surface area contributed by atoms with Crippen LogP contribution in [0.25, 0.3) is 0 Å². The molecule has 0 fully saturated rings. The Morgan fingerprint density at radius 2 is 1.31 bits per heavy atom. The standard InChI is InChI=1S/C18H36F3NO3S/c1-11-22(15(5,6)12-13-25-14(2,3)4)26(23,24)17(9,10)18(20,21)16(7,8)19/h11-13H2,1-10H3. The maximum absolute atomic E-state index is 14.7. The number of sulfonamides is 1. The van der Waals surface area contributed by atoms with E-state index in [0.717, 1.165) is 18.2 Å². The van der Waals surface area contributed by atoms with Crippen LogP contribution >= 0.6 is 0 Å². The molecule has 0 rings (SSSR count). The predicted molar refractivity (Wildman–Crippen MR) is 99.9 cm³/mol. The third kappa shape index (κ3) is 5.13. The lowest BCUT2D eigenvalue weighted by Crippen LogP contribution is -2.64. The third-order valence-electron chi connectivity index (χ3n) is 4.65. The average molecular weight is 404 g/mol. The van der Waals surface area contributed by atoms with Crippen molar-refractivity contribution in [3.05, 3.63) is 0 Å². The van der Waals surface area contributed by atoms with Crippen molar-refractivity contribution in [2.75, 3.05) is 13.2 Å². The predicted octanol–water partition coefficient (Wildman–Crippen LogP) is 4.78. The van der Waals surface area contributed by atoms with Gasteiger partial charge in [0.25, 0.3) is 0 Å². The van der Waals surface area contributed by atoms with E-state index in [4.69, 9.17) is 4.74 Å². The fraction of sp³-hybridized carbons (Fsp3) is 1.00. The van der Waals surface area contributed by atoms with Crippen LogP contribution in [0, 0.1) is 0 Å². The van der Waals surface area contributed by atoms with E-state index >= 15 is 0 Å². The molecule has 158 valence electrons. The van der Waals surface area contributed by atoms with Crippen molar-refractivity contribution in [1.29, 1.82) is 0 Å². The molecule has 0 aliphatic carbocycles. The summed E-state index contributed by atoms with van der Waals surface area (Å²) in [5, 5.41) is 0. The van der Waals surface area contributed by atoms with E-state index in [-0.39, 0.29) is 13.2 Å². The lowest BCUT2D eigenvalue weighted by atomic mass is 9.91. The van der Waals surface area contributed by atoms with Crippen molar-refractivity contribution in [2.24, 2.45) is 0 Å². The second-order valence-electron chi connectivity index (χ2n) is 9.25. The highest BCUT2D eigenvalue weighted by molar-refractivity contribution is 7.90. The zero-order valence-electron chi connectivity index (χ0n) is 17.8. The fourth-order valence-electron chi connectivity index (χ4n) is 2.81. The summed E-state index contributed by atoms with van der Waals surface area (Å²) < 4.78 is 73.8. The van der Waals surface area contributed by atoms with Crippen molar-refractivity contribution < 1.29 is 26.3 Å². The Morgan fingerprint density at radius 1 is 0.885 bits per heavy atom. The SMILES string of the molecule is CCN(C(C)(C)CCOC(C)(C)C)S(=O)(=O)C(C)(C)C(F)(F)C(C)(C)F. The van der Waals surface area contributed by atoms with Gasteiger partial charge in [0.1, 0.15) is 4.75 Å². The van der Waals surface area contributed by atoms with Gasteiger partial charge in [-0.1, -0.05) is 6.92 Å². The molecule has 0 aromatic carbocycles. The van der Waals surface area contributed by atoms with Crippen LogP contribution < -0.4 is 0 Å². The quantitative estimate of drug-likeness (QED) is 0.556. The van der Waals surface area contributed by atoms with Gasteiger partial charge < -0.3 is 4.74 Å². The Morgan fingerprint density at radius 3 is 1.62 bits per heavy atom. The molecule has 0 radical (unpaired) electrons. The van der Waals surface area contributed by atoms with E-state index in [0.29, 0.717) is 20.3 Å². The van der Waals surface area contributed by atoms with Crippen LogP contribution in [0.5, 0.6) is 0 Å². The molecule has 8 heteroatoms. The maximum Gasteiger partial charge on any atom is 0.300 e. The molecule has 0 unspecified atom stereocenters. The van der Waals surface area contributed by atoms with E-state index in [1.165, 1.54) is 0 Å². The Bertz CT molecular complexity index is 573. The largest absolute Gasteiger partial charge is 0.376 e. The van der Waals surface area contributed by atoms with Crippen molar-refractivity contribution in [2.45, 2.75) is 103 Å². The minimum atomic E-state index is -4.53. The Kier molecular flexibility index (Phi) is 7.49. The molecule has 0 aliphatic heterocycles. The topological polar surface area (TPSA) is 46.6 Å². The fourth-order valence-corrected chi connectivity index (χ4v) is 5.01. The van der Waals surface area contributed by atoms with Crippen LogP contribution in [0.15, 0.2) is 0 Å². The first kappa shape index (κ1) is 25.7. The van der Waals surface area contributed by atoms with Crippen molar-refractivity contribution in [1.82, 2.24) is 4.31 Å². The summed E-state index contributed by atoms with van der Waals surface area (Å²) in [6, 6.07) is 0. The highest BCUT2D eigenvalue weighted by atomic mass is 32.2. The van der Waals surface area contributed by atoms with Gasteiger partial charge in [0.15, 0.2) is 5.67 Å². The summed E-state index contributed by atoms with van der Waals surface area (Å²) in [6.45, 7) is 14.0. The van der Waals surface area contributed by atoms with E-state index in [1.54, 1.807) is 20.8 Å². The second-order valence-corrected chi connectivity index (χ2v) is 11.7. The van der Waals surface area contributed by atoms with Crippen LogP contribution in [0.1, 0.15) is 75.7 Å².